The minimum absolute atomic E-state index is 0.306. The molecule has 7 nitrogen and oxygen atoms in total. The summed E-state index contributed by atoms with van der Waals surface area (Å²) in [5.74, 6) is -1.15. The monoisotopic (exact) mass is 370 g/mol. The maximum atomic E-state index is 12.4. The number of nitrogens with one attached hydrogen (secondary N) is 1. The number of esters is 1. The molecule has 0 aliphatic heterocycles. The maximum absolute atomic E-state index is 12.4. The normalized spacial score (nSPS) is 11.2. The lowest BCUT2D eigenvalue weighted by Crippen LogP contribution is -2.39. The highest BCUT2D eigenvalue weighted by molar-refractivity contribution is 5.99. The first-order chi connectivity index (χ1) is 12.9. The van der Waals surface area contributed by atoms with Gasteiger partial charge in [0, 0.05) is 12.7 Å². The summed E-state index contributed by atoms with van der Waals surface area (Å²) in [4.78, 5) is 37.9. The number of amides is 2. The second kappa shape index (κ2) is 9.38. The highest BCUT2D eigenvalue weighted by Gasteiger charge is 2.23. The Bertz CT molecular complexity index is 807. The van der Waals surface area contributed by atoms with Gasteiger partial charge in [0.15, 0.2) is 6.10 Å². The van der Waals surface area contributed by atoms with Crippen LogP contribution >= 0.6 is 0 Å². The van der Waals surface area contributed by atoms with Crippen LogP contribution in [0.2, 0.25) is 0 Å². The number of hydrogen-bond donors (Lipinski definition) is 1. The molecule has 0 fully saturated rings. The number of carbonyl (C=O) groups is 3. The van der Waals surface area contributed by atoms with E-state index in [0.29, 0.717) is 17.0 Å². The van der Waals surface area contributed by atoms with Gasteiger partial charge in [0.05, 0.1) is 12.7 Å². The quantitative estimate of drug-likeness (QED) is 0.754. The number of benzene rings is 2. The molecular formula is C20H22N2O5. The molecule has 1 atom stereocenters. The van der Waals surface area contributed by atoms with Crippen molar-refractivity contribution >= 4 is 23.5 Å². The van der Waals surface area contributed by atoms with E-state index in [0.717, 1.165) is 0 Å². The molecule has 0 aromatic heterocycles. The molecule has 0 aliphatic carbocycles. The summed E-state index contributed by atoms with van der Waals surface area (Å²) in [7, 11) is 3.06. The van der Waals surface area contributed by atoms with Crippen LogP contribution in [0.3, 0.4) is 0 Å². The smallest absolute Gasteiger partial charge is 0.326 e. The Morgan fingerprint density at radius 3 is 2.33 bits per heavy atom. The van der Waals surface area contributed by atoms with Gasteiger partial charge >= 0.3 is 5.97 Å². The molecule has 1 N–H and O–H groups in total. The molecule has 142 valence electrons. The van der Waals surface area contributed by atoms with Crippen LogP contribution < -0.4 is 15.0 Å². The van der Waals surface area contributed by atoms with E-state index in [4.69, 9.17) is 9.47 Å². The molecule has 0 saturated heterocycles. The Labute approximate surface area is 157 Å². The van der Waals surface area contributed by atoms with Gasteiger partial charge < -0.3 is 19.7 Å². The van der Waals surface area contributed by atoms with Gasteiger partial charge in [-0.25, -0.2) is 0 Å². The van der Waals surface area contributed by atoms with Crippen molar-refractivity contribution in [2.45, 2.75) is 13.0 Å². The number of hydrogen-bond acceptors (Lipinski definition) is 5. The first kappa shape index (κ1) is 20.0. The molecule has 27 heavy (non-hydrogen) atoms. The predicted molar refractivity (Wildman–Crippen MR) is 101 cm³/mol. The number of anilines is 1. The van der Waals surface area contributed by atoms with Gasteiger partial charge in [-0.1, -0.05) is 30.3 Å². The molecule has 0 unspecified atom stereocenters. The molecule has 0 spiro atoms. The van der Waals surface area contributed by atoms with E-state index in [1.165, 1.54) is 18.9 Å². The maximum Gasteiger partial charge on any atom is 0.326 e. The van der Waals surface area contributed by atoms with Crippen LogP contribution in [-0.2, 0) is 14.3 Å². The summed E-state index contributed by atoms with van der Waals surface area (Å²) in [6.45, 7) is 1.13. The summed E-state index contributed by atoms with van der Waals surface area (Å²) in [6, 6.07) is 15.7. The lowest BCUT2D eigenvalue weighted by Gasteiger charge is -2.21. The van der Waals surface area contributed by atoms with Crippen LogP contribution in [0.1, 0.15) is 17.3 Å². The average Bonchev–Trinajstić information content (AvgIpc) is 2.71. The van der Waals surface area contributed by atoms with Gasteiger partial charge in [-0.2, -0.15) is 0 Å². The summed E-state index contributed by atoms with van der Waals surface area (Å²) in [5.41, 5.74) is 0.996. The molecule has 7 heteroatoms. The van der Waals surface area contributed by atoms with E-state index in [2.05, 4.69) is 5.32 Å². The second-order valence-corrected chi connectivity index (χ2v) is 5.75. The van der Waals surface area contributed by atoms with E-state index in [1.807, 2.05) is 18.2 Å². The van der Waals surface area contributed by atoms with E-state index >= 15 is 0 Å². The number of carbonyl (C=O) groups excluding carboxylic acids is 3. The molecule has 2 aromatic rings. The fourth-order valence-corrected chi connectivity index (χ4v) is 2.42. The van der Waals surface area contributed by atoms with Gasteiger partial charge in [0.1, 0.15) is 12.3 Å². The number of rotatable bonds is 7. The Morgan fingerprint density at radius 1 is 1.04 bits per heavy atom. The zero-order valence-electron chi connectivity index (χ0n) is 15.5. The van der Waals surface area contributed by atoms with Crippen molar-refractivity contribution in [3.8, 4) is 5.75 Å². The van der Waals surface area contributed by atoms with Gasteiger partial charge in [0.2, 0.25) is 0 Å². The Kier molecular flexibility index (Phi) is 6.93. The zero-order valence-corrected chi connectivity index (χ0v) is 15.5. The topological polar surface area (TPSA) is 84.9 Å². The third kappa shape index (κ3) is 5.31. The van der Waals surface area contributed by atoms with Crippen molar-refractivity contribution in [1.82, 2.24) is 5.32 Å². The van der Waals surface area contributed by atoms with Crippen molar-refractivity contribution in [3.63, 3.8) is 0 Å². The Morgan fingerprint density at radius 2 is 1.67 bits per heavy atom. The molecule has 0 bridgehead atoms. The van der Waals surface area contributed by atoms with E-state index in [-0.39, 0.29) is 12.5 Å². The highest BCUT2D eigenvalue weighted by Crippen LogP contribution is 2.17. The van der Waals surface area contributed by atoms with Crippen LogP contribution in [0.5, 0.6) is 5.75 Å². The molecule has 0 radical (unpaired) electrons. The lowest BCUT2D eigenvalue weighted by molar-refractivity contribution is -0.152. The molecule has 2 amide bonds. The highest BCUT2D eigenvalue weighted by atomic mass is 16.5. The second-order valence-electron chi connectivity index (χ2n) is 5.75. The number of nitrogens with zero attached hydrogens (tertiary/aromatic N) is 1. The van der Waals surface area contributed by atoms with Crippen LogP contribution in [0.25, 0.3) is 0 Å². The Hall–Kier alpha value is -3.35. The summed E-state index contributed by atoms with van der Waals surface area (Å²) < 4.78 is 10.2. The molecule has 0 aliphatic rings. The largest absolute Gasteiger partial charge is 0.496 e. The van der Waals surface area contributed by atoms with Crippen LogP contribution in [0, 0.1) is 0 Å². The van der Waals surface area contributed by atoms with Crippen LogP contribution in [0.4, 0.5) is 5.69 Å². The van der Waals surface area contributed by atoms with Crippen molar-refractivity contribution in [3.05, 3.63) is 60.2 Å². The fraction of sp³-hybridized carbons (Fsp3) is 0.250. The van der Waals surface area contributed by atoms with E-state index in [1.54, 1.807) is 43.4 Å². The molecule has 0 heterocycles. The number of ether oxygens (including phenoxy) is 2. The van der Waals surface area contributed by atoms with Gasteiger partial charge in [-0.3, -0.25) is 14.4 Å². The third-order valence-corrected chi connectivity index (χ3v) is 3.87. The standard InChI is InChI=1S/C20H22N2O5/c1-14(20(25)22(2)15-9-5-4-6-10-15)27-18(23)13-21-19(24)16-11-7-8-12-17(16)26-3/h4-12,14H,13H2,1-3H3,(H,21,24)/t14-/m0/s1. The first-order valence-corrected chi connectivity index (χ1v) is 8.37. The Balaban J connectivity index is 1.87. The fourth-order valence-electron chi connectivity index (χ4n) is 2.42. The molecule has 2 rings (SSSR count). The lowest BCUT2D eigenvalue weighted by atomic mass is 10.2. The summed E-state index contributed by atoms with van der Waals surface area (Å²) in [5, 5.41) is 2.46. The van der Waals surface area contributed by atoms with E-state index in [9.17, 15) is 14.4 Å². The van der Waals surface area contributed by atoms with Crippen molar-refractivity contribution in [1.29, 1.82) is 0 Å². The van der Waals surface area contributed by atoms with E-state index < -0.39 is 18.0 Å². The molecule has 0 saturated carbocycles. The minimum atomic E-state index is -0.981. The summed E-state index contributed by atoms with van der Waals surface area (Å²) in [6.07, 6.45) is -0.981. The van der Waals surface area contributed by atoms with Crippen molar-refractivity contribution in [2.75, 3.05) is 25.6 Å². The first-order valence-electron chi connectivity index (χ1n) is 8.37. The number of methoxy groups -OCH3 is 1. The summed E-state index contributed by atoms with van der Waals surface area (Å²) >= 11 is 0. The minimum Gasteiger partial charge on any atom is -0.496 e. The van der Waals surface area contributed by atoms with Gasteiger partial charge in [-0.05, 0) is 31.2 Å². The van der Waals surface area contributed by atoms with Gasteiger partial charge in [0.25, 0.3) is 11.8 Å². The van der Waals surface area contributed by atoms with Crippen molar-refractivity contribution in [2.24, 2.45) is 0 Å². The number of likely N-dealkylation sites (N-methyl/N-ethyl adjacent to an activating group) is 1. The SMILES string of the molecule is COc1ccccc1C(=O)NCC(=O)O[C@@H](C)C(=O)N(C)c1ccccc1. The molecular weight excluding hydrogens is 348 g/mol. The van der Waals surface area contributed by atoms with Gasteiger partial charge in [-0.15, -0.1) is 0 Å². The predicted octanol–water partition coefficient (Wildman–Crippen LogP) is 2.02. The van der Waals surface area contributed by atoms with Crippen LogP contribution in [0.15, 0.2) is 54.6 Å². The third-order valence-electron chi connectivity index (χ3n) is 3.87. The number of para-hydroxylation sites is 2. The van der Waals surface area contributed by atoms with Crippen molar-refractivity contribution < 1.29 is 23.9 Å². The zero-order chi connectivity index (χ0) is 19.8. The average molecular weight is 370 g/mol. The van der Waals surface area contributed by atoms with Crippen LogP contribution in [-0.4, -0.2) is 44.6 Å². The molecule has 2 aromatic carbocycles.